The Bertz CT molecular complexity index is 590. The first-order chi connectivity index (χ1) is 9.74. The molecule has 0 amide bonds. The molecule has 0 fully saturated rings. The molecule has 3 heteroatoms. The van der Waals surface area contributed by atoms with Crippen molar-refractivity contribution < 1.29 is 14.6 Å². The van der Waals surface area contributed by atoms with Crippen LogP contribution in [0.2, 0.25) is 0 Å². The summed E-state index contributed by atoms with van der Waals surface area (Å²) in [6.45, 7) is 2.30. The third kappa shape index (κ3) is 2.59. The molecule has 2 rings (SSSR count). The van der Waals surface area contributed by atoms with E-state index in [0.29, 0.717) is 0 Å². The van der Waals surface area contributed by atoms with Gasteiger partial charge in [-0.2, -0.15) is 0 Å². The van der Waals surface area contributed by atoms with E-state index >= 15 is 0 Å². The Morgan fingerprint density at radius 3 is 2.10 bits per heavy atom. The third-order valence-electron chi connectivity index (χ3n) is 3.73. The minimum atomic E-state index is 0.228. The zero-order valence-electron chi connectivity index (χ0n) is 12.4. The Labute approximate surface area is 120 Å². The number of ether oxygens (including phenoxy) is 2. The Balaban J connectivity index is 2.62. The molecule has 0 radical (unpaired) electrons. The van der Waals surface area contributed by atoms with Gasteiger partial charge in [-0.1, -0.05) is 24.3 Å². The molecule has 0 heterocycles. The second-order valence-corrected chi connectivity index (χ2v) is 4.90. The lowest BCUT2D eigenvalue weighted by Gasteiger charge is -2.18. The molecular weight excluding hydrogens is 252 g/mol. The molecule has 0 spiro atoms. The van der Waals surface area contributed by atoms with Gasteiger partial charge in [0.25, 0.3) is 0 Å². The normalized spacial score (nSPS) is 10.8. The van der Waals surface area contributed by atoms with Crippen LogP contribution in [0, 0.1) is 6.92 Å². The maximum absolute atomic E-state index is 8.96. The molecule has 0 bridgehead atoms. The van der Waals surface area contributed by atoms with Crippen LogP contribution in [0.3, 0.4) is 0 Å². The van der Waals surface area contributed by atoms with Crippen molar-refractivity contribution in [3.8, 4) is 11.5 Å². The first-order valence-corrected chi connectivity index (χ1v) is 6.97. The van der Waals surface area contributed by atoms with Crippen LogP contribution >= 0.6 is 0 Å². The minimum Gasteiger partial charge on any atom is -0.496 e. The van der Waals surface area contributed by atoms with Gasteiger partial charge in [-0.05, 0) is 31.7 Å². The first kappa shape index (κ1) is 14.7. The Hall–Kier alpha value is -1.74. The van der Waals surface area contributed by atoms with E-state index in [9.17, 15) is 0 Å². The summed E-state index contributed by atoms with van der Waals surface area (Å²) in [5.74, 6) is 1.84. The van der Waals surface area contributed by atoms with Crippen LogP contribution in [0.4, 0.5) is 0 Å². The third-order valence-corrected chi connectivity index (χ3v) is 3.73. The van der Waals surface area contributed by atoms with Gasteiger partial charge in [0.1, 0.15) is 11.5 Å². The van der Waals surface area contributed by atoms with Gasteiger partial charge in [0.15, 0.2) is 0 Å². The fourth-order valence-electron chi connectivity index (χ4n) is 2.76. The molecule has 0 aliphatic rings. The zero-order chi connectivity index (χ0) is 14.5. The van der Waals surface area contributed by atoms with Crippen molar-refractivity contribution in [2.24, 2.45) is 0 Å². The molecule has 2 aromatic rings. The lowest BCUT2D eigenvalue weighted by Crippen LogP contribution is -2.01. The molecule has 0 aliphatic heterocycles. The molecule has 1 N–H and O–H groups in total. The summed E-state index contributed by atoms with van der Waals surface area (Å²) < 4.78 is 11.3. The zero-order valence-corrected chi connectivity index (χ0v) is 12.4. The van der Waals surface area contributed by atoms with E-state index < -0.39 is 0 Å². The summed E-state index contributed by atoms with van der Waals surface area (Å²) in [5, 5.41) is 11.1. The molecule has 0 atom stereocenters. The number of fused-ring (bicyclic) bond motifs is 1. The fourth-order valence-corrected chi connectivity index (χ4v) is 2.76. The summed E-state index contributed by atoms with van der Waals surface area (Å²) in [6.07, 6.45) is 2.63. The van der Waals surface area contributed by atoms with Gasteiger partial charge in [-0.3, -0.25) is 0 Å². The van der Waals surface area contributed by atoms with Crippen molar-refractivity contribution in [2.75, 3.05) is 20.8 Å². The van der Waals surface area contributed by atoms with Gasteiger partial charge >= 0.3 is 0 Å². The average Bonchev–Trinajstić information content (AvgIpc) is 2.48. The summed E-state index contributed by atoms with van der Waals surface area (Å²) in [5.41, 5.74) is 2.30. The molecular formula is C17H22O3. The summed E-state index contributed by atoms with van der Waals surface area (Å²) in [4.78, 5) is 0. The van der Waals surface area contributed by atoms with E-state index in [4.69, 9.17) is 14.6 Å². The van der Waals surface area contributed by atoms with Crippen LogP contribution in [0.25, 0.3) is 10.8 Å². The van der Waals surface area contributed by atoms with Gasteiger partial charge in [0.2, 0.25) is 0 Å². The quantitative estimate of drug-likeness (QED) is 0.820. The Kier molecular flexibility index (Phi) is 4.85. The number of benzene rings is 2. The molecule has 0 unspecified atom stereocenters. The topological polar surface area (TPSA) is 38.7 Å². The highest BCUT2D eigenvalue weighted by Gasteiger charge is 2.17. The van der Waals surface area contributed by atoms with Crippen molar-refractivity contribution in [3.63, 3.8) is 0 Å². The maximum Gasteiger partial charge on any atom is 0.130 e. The molecule has 0 aromatic heterocycles. The van der Waals surface area contributed by atoms with Crippen LogP contribution in [-0.2, 0) is 6.42 Å². The van der Waals surface area contributed by atoms with Crippen LogP contribution in [-0.4, -0.2) is 25.9 Å². The predicted octanol–water partition coefficient (Wildman–Crippen LogP) is 3.48. The molecule has 20 heavy (non-hydrogen) atoms. The minimum absolute atomic E-state index is 0.228. The highest BCUT2D eigenvalue weighted by atomic mass is 16.5. The fraction of sp³-hybridized carbons (Fsp3) is 0.412. The van der Waals surface area contributed by atoms with Crippen molar-refractivity contribution in [3.05, 3.63) is 35.4 Å². The van der Waals surface area contributed by atoms with Crippen LogP contribution < -0.4 is 9.47 Å². The highest BCUT2D eigenvalue weighted by molar-refractivity contribution is 5.96. The number of methoxy groups -OCH3 is 2. The van der Waals surface area contributed by atoms with Crippen molar-refractivity contribution in [1.82, 2.24) is 0 Å². The van der Waals surface area contributed by atoms with Crippen molar-refractivity contribution in [2.45, 2.75) is 26.2 Å². The largest absolute Gasteiger partial charge is 0.496 e. The van der Waals surface area contributed by atoms with E-state index in [1.165, 1.54) is 5.56 Å². The van der Waals surface area contributed by atoms with E-state index in [1.54, 1.807) is 14.2 Å². The van der Waals surface area contributed by atoms with E-state index in [0.717, 1.165) is 47.1 Å². The van der Waals surface area contributed by atoms with Crippen LogP contribution in [0.1, 0.15) is 24.0 Å². The van der Waals surface area contributed by atoms with Gasteiger partial charge in [-0.25, -0.2) is 0 Å². The monoisotopic (exact) mass is 274 g/mol. The van der Waals surface area contributed by atoms with Gasteiger partial charge in [-0.15, -0.1) is 0 Å². The first-order valence-electron chi connectivity index (χ1n) is 6.97. The lowest BCUT2D eigenvalue weighted by molar-refractivity contribution is 0.284. The number of rotatable bonds is 6. The van der Waals surface area contributed by atoms with Crippen LogP contribution in [0.15, 0.2) is 24.3 Å². The van der Waals surface area contributed by atoms with Crippen LogP contribution in [0.5, 0.6) is 11.5 Å². The van der Waals surface area contributed by atoms with Gasteiger partial charge in [0.05, 0.1) is 14.2 Å². The smallest absolute Gasteiger partial charge is 0.130 e. The molecule has 3 nitrogen and oxygen atoms in total. The van der Waals surface area contributed by atoms with E-state index in [1.807, 2.05) is 12.1 Å². The van der Waals surface area contributed by atoms with E-state index in [2.05, 4.69) is 19.1 Å². The number of aliphatic hydroxyl groups is 1. The number of unbranched alkanes of at least 4 members (excludes halogenated alkanes) is 1. The Morgan fingerprint density at radius 2 is 1.55 bits per heavy atom. The highest BCUT2D eigenvalue weighted by Crippen LogP contribution is 2.40. The number of hydrogen-bond acceptors (Lipinski definition) is 3. The summed E-state index contributed by atoms with van der Waals surface area (Å²) in [6, 6.07) is 8.14. The molecule has 0 saturated heterocycles. The SMILES string of the molecule is COc1c(C)c(CCCCO)c(OC)c2ccccc12. The van der Waals surface area contributed by atoms with Gasteiger partial charge in [0, 0.05) is 22.9 Å². The predicted molar refractivity (Wildman–Crippen MR) is 81.8 cm³/mol. The molecule has 0 aliphatic carbocycles. The summed E-state index contributed by atoms with van der Waals surface area (Å²) >= 11 is 0. The Morgan fingerprint density at radius 1 is 0.950 bits per heavy atom. The summed E-state index contributed by atoms with van der Waals surface area (Å²) in [7, 11) is 3.42. The second-order valence-electron chi connectivity index (χ2n) is 4.90. The number of aliphatic hydroxyl groups excluding tert-OH is 1. The standard InChI is InChI=1S/C17H22O3/c1-12-13(8-6-7-11-18)17(20-3)15-10-5-4-9-14(15)16(12)19-2/h4-5,9-10,18H,6-8,11H2,1-3H3. The lowest BCUT2D eigenvalue weighted by atomic mass is 9.95. The second kappa shape index (κ2) is 6.62. The average molecular weight is 274 g/mol. The number of hydrogen-bond donors (Lipinski definition) is 1. The molecule has 108 valence electrons. The van der Waals surface area contributed by atoms with E-state index in [-0.39, 0.29) is 6.61 Å². The maximum atomic E-state index is 8.96. The van der Waals surface area contributed by atoms with Gasteiger partial charge < -0.3 is 14.6 Å². The van der Waals surface area contributed by atoms with Crippen molar-refractivity contribution in [1.29, 1.82) is 0 Å². The molecule has 2 aromatic carbocycles. The molecule has 0 saturated carbocycles. The van der Waals surface area contributed by atoms with Crippen molar-refractivity contribution >= 4 is 10.8 Å².